The number of rotatable bonds is 4. The summed E-state index contributed by atoms with van der Waals surface area (Å²) in [7, 11) is 1.74. The highest BCUT2D eigenvalue weighted by Crippen LogP contribution is 2.27. The molecule has 0 spiro atoms. The predicted molar refractivity (Wildman–Crippen MR) is 106 cm³/mol. The SMILES string of the molecule is CN(C(=O)c1nnn(-c2ccccc2)c1-c1ccccc1)c1ccccc1. The highest BCUT2D eigenvalue weighted by atomic mass is 16.2. The molecule has 3 aromatic carbocycles. The van der Waals surface area contributed by atoms with Gasteiger partial charge in [-0.1, -0.05) is 71.9 Å². The molecule has 4 aromatic rings. The summed E-state index contributed by atoms with van der Waals surface area (Å²) in [4.78, 5) is 14.8. The third-order valence-corrected chi connectivity index (χ3v) is 4.37. The van der Waals surface area contributed by atoms with Crippen LogP contribution in [0.5, 0.6) is 0 Å². The molecule has 132 valence electrons. The topological polar surface area (TPSA) is 51.0 Å². The van der Waals surface area contributed by atoms with Gasteiger partial charge >= 0.3 is 0 Å². The number of benzene rings is 3. The van der Waals surface area contributed by atoms with E-state index in [1.807, 2.05) is 91.0 Å². The van der Waals surface area contributed by atoms with E-state index in [1.54, 1.807) is 16.6 Å². The smallest absolute Gasteiger partial charge is 0.280 e. The highest BCUT2D eigenvalue weighted by Gasteiger charge is 2.25. The van der Waals surface area contributed by atoms with Crippen LogP contribution in [-0.4, -0.2) is 27.9 Å². The zero-order valence-electron chi connectivity index (χ0n) is 14.9. The lowest BCUT2D eigenvalue weighted by molar-refractivity contribution is 0.0989. The van der Waals surface area contributed by atoms with E-state index in [-0.39, 0.29) is 5.91 Å². The van der Waals surface area contributed by atoms with Gasteiger partial charge in [0.05, 0.1) is 5.69 Å². The van der Waals surface area contributed by atoms with Crippen molar-refractivity contribution in [2.75, 3.05) is 11.9 Å². The number of carbonyl (C=O) groups excluding carboxylic acids is 1. The lowest BCUT2D eigenvalue weighted by Gasteiger charge is -2.17. The van der Waals surface area contributed by atoms with E-state index >= 15 is 0 Å². The zero-order valence-corrected chi connectivity index (χ0v) is 14.9. The molecule has 0 N–H and O–H groups in total. The molecular weight excluding hydrogens is 336 g/mol. The Morgan fingerprint density at radius 3 is 2.00 bits per heavy atom. The number of aromatic nitrogens is 3. The van der Waals surface area contributed by atoms with E-state index in [9.17, 15) is 4.79 Å². The maximum absolute atomic E-state index is 13.2. The maximum Gasteiger partial charge on any atom is 0.280 e. The van der Waals surface area contributed by atoms with E-state index < -0.39 is 0 Å². The van der Waals surface area contributed by atoms with Crippen molar-refractivity contribution in [3.63, 3.8) is 0 Å². The highest BCUT2D eigenvalue weighted by molar-refractivity contribution is 6.08. The number of hydrogen-bond acceptors (Lipinski definition) is 3. The predicted octanol–water partition coefficient (Wildman–Crippen LogP) is 4.21. The van der Waals surface area contributed by atoms with Gasteiger partial charge in [-0.3, -0.25) is 4.79 Å². The largest absolute Gasteiger partial charge is 0.310 e. The van der Waals surface area contributed by atoms with Crippen LogP contribution in [0.15, 0.2) is 91.0 Å². The van der Waals surface area contributed by atoms with Crippen LogP contribution < -0.4 is 4.90 Å². The summed E-state index contributed by atoms with van der Waals surface area (Å²) in [6, 6.07) is 28.9. The molecule has 27 heavy (non-hydrogen) atoms. The average Bonchev–Trinajstić information content (AvgIpc) is 3.19. The van der Waals surface area contributed by atoms with Crippen molar-refractivity contribution >= 4 is 11.6 Å². The van der Waals surface area contributed by atoms with Crippen molar-refractivity contribution in [2.45, 2.75) is 0 Å². The van der Waals surface area contributed by atoms with Crippen molar-refractivity contribution in [3.05, 3.63) is 96.7 Å². The molecule has 0 radical (unpaired) electrons. The molecule has 0 aliphatic carbocycles. The lowest BCUT2D eigenvalue weighted by atomic mass is 10.1. The average molecular weight is 354 g/mol. The van der Waals surface area contributed by atoms with Crippen molar-refractivity contribution in [3.8, 4) is 16.9 Å². The number of hydrogen-bond donors (Lipinski definition) is 0. The molecule has 0 unspecified atom stereocenters. The lowest BCUT2D eigenvalue weighted by Crippen LogP contribution is -2.27. The van der Waals surface area contributed by atoms with E-state index in [2.05, 4.69) is 10.3 Å². The minimum absolute atomic E-state index is 0.206. The summed E-state index contributed by atoms with van der Waals surface area (Å²) >= 11 is 0. The molecule has 0 aliphatic heterocycles. The molecule has 0 bridgehead atoms. The van der Waals surface area contributed by atoms with Gasteiger partial charge in [-0.15, -0.1) is 5.10 Å². The fourth-order valence-electron chi connectivity index (χ4n) is 2.96. The normalized spacial score (nSPS) is 10.6. The summed E-state index contributed by atoms with van der Waals surface area (Å²) in [5.41, 5.74) is 3.53. The summed E-state index contributed by atoms with van der Waals surface area (Å²) in [5, 5.41) is 8.52. The first-order chi connectivity index (χ1) is 13.3. The van der Waals surface area contributed by atoms with Crippen molar-refractivity contribution in [1.29, 1.82) is 0 Å². The minimum atomic E-state index is -0.206. The maximum atomic E-state index is 13.2. The van der Waals surface area contributed by atoms with E-state index in [1.165, 1.54) is 0 Å². The van der Waals surface area contributed by atoms with Gasteiger partial charge < -0.3 is 4.90 Å². The van der Waals surface area contributed by atoms with E-state index in [0.29, 0.717) is 11.4 Å². The summed E-state index contributed by atoms with van der Waals surface area (Å²) < 4.78 is 1.71. The third-order valence-electron chi connectivity index (χ3n) is 4.37. The van der Waals surface area contributed by atoms with Gasteiger partial charge in [-0.2, -0.15) is 0 Å². The van der Waals surface area contributed by atoms with Gasteiger partial charge in [-0.25, -0.2) is 4.68 Å². The van der Waals surface area contributed by atoms with Gasteiger partial charge in [0.25, 0.3) is 5.91 Å². The van der Waals surface area contributed by atoms with Crippen LogP contribution in [0.25, 0.3) is 16.9 Å². The Kier molecular flexibility index (Phi) is 4.49. The Hall–Kier alpha value is -3.73. The second kappa shape index (κ2) is 7.25. The van der Waals surface area contributed by atoms with Gasteiger partial charge in [0, 0.05) is 18.3 Å². The Morgan fingerprint density at radius 2 is 1.37 bits per heavy atom. The Balaban J connectivity index is 1.84. The first kappa shape index (κ1) is 16.7. The second-order valence-corrected chi connectivity index (χ2v) is 6.10. The molecule has 0 atom stereocenters. The van der Waals surface area contributed by atoms with Crippen molar-refractivity contribution in [2.24, 2.45) is 0 Å². The summed E-state index contributed by atoms with van der Waals surface area (Å²) in [6.07, 6.45) is 0. The van der Waals surface area contributed by atoms with Crippen LogP contribution in [0.1, 0.15) is 10.5 Å². The summed E-state index contributed by atoms with van der Waals surface area (Å²) in [6.45, 7) is 0. The number of anilines is 1. The van der Waals surface area contributed by atoms with Crippen LogP contribution in [-0.2, 0) is 0 Å². The quantitative estimate of drug-likeness (QED) is 0.552. The fraction of sp³-hybridized carbons (Fsp3) is 0.0455. The molecule has 1 aromatic heterocycles. The van der Waals surface area contributed by atoms with Gasteiger partial charge in [0.1, 0.15) is 5.69 Å². The minimum Gasteiger partial charge on any atom is -0.310 e. The molecule has 4 rings (SSSR count). The monoisotopic (exact) mass is 354 g/mol. The van der Waals surface area contributed by atoms with Crippen LogP contribution in [0.2, 0.25) is 0 Å². The first-order valence-corrected chi connectivity index (χ1v) is 8.65. The van der Waals surface area contributed by atoms with E-state index in [4.69, 9.17) is 0 Å². The Labute approximate surface area is 157 Å². The van der Waals surface area contributed by atoms with Gasteiger partial charge in [0.15, 0.2) is 5.69 Å². The van der Waals surface area contributed by atoms with Crippen molar-refractivity contribution < 1.29 is 4.79 Å². The third kappa shape index (κ3) is 3.22. The van der Waals surface area contributed by atoms with E-state index in [0.717, 1.165) is 16.9 Å². The summed E-state index contributed by atoms with van der Waals surface area (Å²) in [5.74, 6) is -0.206. The van der Waals surface area contributed by atoms with Crippen molar-refractivity contribution in [1.82, 2.24) is 15.0 Å². The molecule has 5 heteroatoms. The molecule has 1 heterocycles. The number of amides is 1. The Morgan fingerprint density at radius 1 is 0.815 bits per heavy atom. The van der Waals surface area contributed by atoms with Gasteiger partial charge in [-0.05, 0) is 24.3 Å². The fourth-order valence-corrected chi connectivity index (χ4v) is 2.96. The molecule has 1 amide bonds. The van der Waals surface area contributed by atoms with Crippen LogP contribution >= 0.6 is 0 Å². The van der Waals surface area contributed by atoms with Gasteiger partial charge in [0.2, 0.25) is 0 Å². The number of para-hydroxylation sites is 2. The molecule has 0 saturated heterocycles. The Bertz CT molecular complexity index is 1040. The number of nitrogens with zero attached hydrogens (tertiary/aromatic N) is 4. The standard InChI is InChI=1S/C22H18N4O/c1-25(18-13-7-3-8-14-18)22(27)20-21(17-11-5-2-6-12-17)26(24-23-20)19-15-9-4-10-16-19/h2-16H,1H3. The van der Waals surface area contributed by atoms with Crippen LogP contribution in [0, 0.1) is 0 Å². The van der Waals surface area contributed by atoms with Crippen LogP contribution in [0.4, 0.5) is 5.69 Å². The first-order valence-electron chi connectivity index (χ1n) is 8.65. The molecule has 0 saturated carbocycles. The van der Waals surface area contributed by atoms with Crippen LogP contribution in [0.3, 0.4) is 0 Å². The molecular formula is C22H18N4O. The molecule has 0 aliphatic rings. The molecule has 0 fully saturated rings. The molecule has 5 nitrogen and oxygen atoms in total. The number of carbonyl (C=O) groups is 1. The zero-order chi connectivity index (χ0) is 18.6. The second-order valence-electron chi connectivity index (χ2n) is 6.10.